The van der Waals surface area contributed by atoms with Gasteiger partial charge in [-0.3, -0.25) is 0 Å². The van der Waals surface area contributed by atoms with Crippen molar-refractivity contribution >= 4 is 17.0 Å². The molecule has 1 radical (unpaired) electrons. The summed E-state index contributed by atoms with van der Waals surface area (Å²) in [6.07, 6.45) is 3.12. The second kappa shape index (κ2) is 4.18. The van der Waals surface area contributed by atoms with Crippen LogP contribution in [0.3, 0.4) is 0 Å². The average Bonchev–Trinajstić information content (AvgIpc) is 2.52. The minimum absolute atomic E-state index is 0.380. The van der Waals surface area contributed by atoms with Crippen LogP contribution in [0.1, 0.15) is 27.7 Å². The summed E-state index contributed by atoms with van der Waals surface area (Å²) in [4.78, 5) is 0. The Labute approximate surface area is 84.4 Å². The van der Waals surface area contributed by atoms with Crippen molar-refractivity contribution in [3.63, 3.8) is 0 Å². The van der Waals surface area contributed by atoms with Crippen molar-refractivity contribution in [2.75, 3.05) is 0 Å². The van der Waals surface area contributed by atoms with Crippen LogP contribution in [0.5, 0.6) is 0 Å². The van der Waals surface area contributed by atoms with Crippen LogP contribution >= 0.6 is 0 Å². The number of allylic oxidation sites excluding steroid dienone is 1. The molecule has 3 heteroatoms. The van der Waals surface area contributed by atoms with E-state index in [0.717, 1.165) is 13.0 Å². The lowest BCUT2D eigenvalue weighted by molar-refractivity contribution is 0.386. The monoisotopic (exact) mass is 193 g/mol. The predicted molar refractivity (Wildman–Crippen MR) is 61.6 cm³/mol. The molecule has 1 aliphatic rings. The molecule has 0 spiro atoms. The number of hydrogen-bond donors (Lipinski definition) is 0. The molecule has 0 aliphatic carbocycles. The Morgan fingerprint density at radius 3 is 2.69 bits per heavy atom. The summed E-state index contributed by atoms with van der Waals surface area (Å²) in [7, 11) is 0.503. The van der Waals surface area contributed by atoms with Gasteiger partial charge in [-0.25, -0.2) is 0 Å². The fourth-order valence-electron chi connectivity index (χ4n) is 0.915. The Kier molecular flexibility index (Phi) is 3.42. The summed E-state index contributed by atoms with van der Waals surface area (Å²) >= 11 is 0. The first-order valence-electron chi connectivity index (χ1n) is 4.93. The van der Waals surface area contributed by atoms with Crippen molar-refractivity contribution in [1.29, 1.82) is 0 Å². The van der Waals surface area contributed by atoms with E-state index in [1.807, 2.05) is 5.98 Å². The van der Waals surface area contributed by atoms with Crippen molar-refractivity contribution in [2.45, 2.75) is 32.7 Å². The summed E-state index contributed by atoms with van der Waals surface area (Å²) in [5.41, 5.74) is 0. The van der Waals surface area contributed by atoms with Gasteiger partial charge in [0.25, 0.3) is 0 Å². The zero-order valence-corrected chi connectivity index (χ0v) is 10.5. The number of rotatable bonds is 4. The van der Waals surface area contributed by atoms with Gasteiger partial charge < -0.3 is 4.43 Å². The Balaban J connectivity index is 2.37. The third-order valence-corrected chi connectivity index (χ3v) is 4.84. The molecule has 0 amide bonds. The first-order valence-corrected chi connectivity index (χ1v) is 6.22. The Morgan fingerprint density at radius 2 is 2.23 bits per heavy atom. The highest BCUT2D eigenvalue weighted by Gasteiger charge is 2.24. The van der Waals surface area contributed by atoms with Crippen molar-refractivity contribution in [1.82, 2.24) is 0 Å². The molecule has 1 heterocycles. The van der Waals surface area contributed by atoms with Crippen LogP contribution in [0.25, 0.3) is 0 Å². The van der Waals surface area contributed by atoms with E-state index < -0.39 is 9.76 Å². The molecule has 0 aromatic heterocycles. The predicted octanol–water partition coefficient (Wildman–Crippen LogP) is 1.55. The summed E-state index contributed by atoms with van der Waals surface area (Å²) in [5.74, 6) is 5.79. The third-order valence-electron chi connectivity index (χ3n) is 2.83. The molecule has 0 saturated heterocycles. The molecule has 13 heavy (non-hydrogen) atoms. The summed E-state index contributed by atoms with van der Waals surface area (Å²) in [6, 6.07) is 0. The van der Waals surface area contributed by atoms with E-state index in [2.05, 4.69) is 39.7 Å². The van der Waals surface area contributed by atoms with Crippen LogP contribution in [0.15, 0.2) is 17.7 Å². The van der Waals surface area contributed by atoms with Gasteiger partial charge in [-0.15, -0.1) is 5.98 Å². The molecule has 0 saturated carbocycles. The van der Waals surface area contributed by atoms with E-state index in [0.29, 0.717) is 11.0 Å². The van der Waals surface area contributed by atoms with E-state index >= 15 is 0 Å². The zero-order valence-electron chi connectivity index (χ0n) is 9.05. The quantitative estimate of drug-likeness (QED) is 0.615. The maximum atomic E-state index is 5.79. The lowest BCUT2D eigenvalue weighted by Gasteiger charge is -2.28. The number of hydrogen-bond acceptors (Lipinski definition) is 1. The molecule has 1 nitrogen and oxygen atoms in total. The van der Waals surface area contributed by atoms with E-state index in [1.54, 1.807) is 0 Å². The molecule has 0 atom stereocenters. The van der Waals surface area contributed by atoms with E-state index in [9.17, 15) is 0 Å². The van der Waals surface area contributed by atoms with Crippen molar-refractivity contribution < 1.29 is 4.43 Å². The summed E-state index contributed by atoms with van der Waals surface area (Å²) in [6.45, 7) is 9.12. The molecule has 0 fully saturated rings. The van der Waals surface area contributed by atoms with Crippen LogP contribution in [-0.4, -0.2) is 17.0 Å². The molecule has 0 aromatic carbocycles. The molecule has 1 aliphatic heterocycles. The van der Waals surface area contributed by atoms with Gasteiger partial charge >= 0.3 is 0 Å². The molecule has 1 rings (SSSR count). The maximum absolute atomic E-state index is 5.79. The molecule has 0 N–H and O–H groups in total. The highest BCUT2D eigenvalue weighted by atomic mass is 28.2. The van der Waals surface area contributed by atoms with Crippen LogP contribution < -0.4 is 0 Å². The van der Waals surface area contributed by atoms with E-state index in [1.165, 1.54) is 0 Å². The second-order valence-electron chi connectivity index (χ2n) is 4.58. The fourth-order valence-corrected chi connectivity index (χ4v) is 1.98. The van der Waals surface area contributed by atoms with Crippen molar-refractivity contribution in [2.24, 2.45) is 5.92 Å². The third kappa shape index (κ3) is 3.07. The molecule has 71 valence electrons. The van der Waals surface area contributed by atoms with E-state index in [4.69, 9.17) is 4.43 Å². The lowest BCUT2D eigenvalue weighted by atomic mass is 9.82. The summed E-state index contributed by atoms with van der Waals surface area (Å²) < 4.78 is 5.79. The van der Waals surface area contributed by atoms with Crippen LogP contribution in [0.2, 0.25) is 5.04 Å². The normalized spacial score (nSPS) is 16.8. The first kappa shape index (κ1) is 10.6. The van der Waals surface area contributed by atoms with Gasteiger partial charge in [0, 0.05) is 6.08 Å². The summed E-state index contributed by atoms with van der Waals surface area (Å²) in [5, 5.41) is 0.380. The van der Waals surface area contributed by atoms with Gasteiger partial charge in [0.1, 0.15) is 0 Å². The zero-order chi connectivity index (χ0) is 9.90. The minimum Gasteiger partial charge on any atom is -0.549 e. The SMILES string of the molecule is CC(C)C(C)(C)[SiH2]OC1=CBC=[C]1. The Hall–Kier alpha value is -0.438. The van der Waals surface area contributed by atoms with Crippen molar-refractivity contribution in [3.05, 3.63) is 23.8 Å². The van der Waals surface area contributed by atoms with Crippen molar-refractivity contribution in [3.8, 4) is 0 Å². The molecular formula is C10H18BOSi. The minimum atomic E-state index is -0.488. The van der Waals surface area contributed by atoms with Gasteiger partial charge in [0.15, 0.2) is 7.28 Å². The van der Waals surface area contributed by atoms with Crippen LogP contribution in [-0.2, 0) is 4.43 Å². The highest BCUT2D eigenvalue weighted by molar-refractivity contribution is 6.49. The van der Waals surface area contributed by atoms with Crippen LogP contribution in [0, 0.1) is 12.0 Å². The second-order valence-corrected chi connectivity index (χ2v) is 6.98. The standard InChI is InChI=1S/C10H18BOSi/c1-8(2)10(3,4)13-12-9-5-6-11-7-9/h6-8,11H,13H2,1-4H3. The average molecular weight is 193 g/mol. The smallest absolute Gasteiger partial charge is 0.225 e. The van der Waals surface area contributed by atoms with Gasteiger partial charge in [0.2, 0.25) is 9.76 Å². The Morgan fingerprint density at radius 1 is 1.54 bits per heavy atom. The first-order chi connectivity index (χ1) is 6.02. The lowest BCUT2D eigenvalue weighted by Crippen LogP contribution is -2.21. The van der Waals surface area contributed by atoms with Crippen LogP contribution in [0.4, 0.5) is 0 Å². The molecule has 0 aromatic rings. The van der Waals surface area contributed by atoms with Gasteiger partial charge in [0.05, 0.1) is 5.76 Å². The fraction of sp³-hybridized carbons (Fsp3) is 0.600. The molecule has 0 unspecified atom stereocenters. The topological polar surface area (TPSA) is 9.23 Å². The maximum Gasteiger partial charge on any atom is 0.225 e. The van der Waals surface area contributed by atoms with E-state index in [-0.39, 0.29) is 0 Å². The molecule has 0 bridgehead atoms. The van der Waals surface area contributed by atoms with Gasteiger partial charge in [-0.1, -0.05) is 33.7 Å². The molecular weight excluding hydrogens is 175 g/mol. The van der Waals surface area contributed by atoms with Gasteiger partial charge in [-0.05, 0) is 11.0 Å². The van der Waals surface area contributed by atoms with Gasteiger partial charge in [-0.2, -0.15) is 0 Å². The highest BCUT2D eigenvalue weighted by Crippen LogP contribution is 2.33. The largest absolute Gasteiger partial charge is 0.549 e. The Bertz CT molecular complexity index is 231.